The third-order valence-corrected chi connectivity index (χ3v) is 1.63. The molecule has 1 rings (SSSR count). The Balaban J connectivity index is 2.57. The molecule has 1 heterocycles. The van der Waals surface area contributed by atoms with Crippen molar-refractivity contribution in [1.29, 1.82) is 0 Å². The number of nitrogens with one attached hydrogen (secondary N) is 1. The van der Waals surface area contributed by atoms with E-state index in [1.165, 1.54) is 0 Å². The fourth-order valence-corrected chi connectivity index (χ4v) is 0.914. The summed E-state index contributed by atoms with van der Waals surface area (Å²) < 4.78 is 0. The van der Waals surface area contributed by atoms with Crippen molar-refractivity contribution in [3.8, 4) is 0 Å². The molecule has 1 aromatic heterocycles. The molecule has 12 heavy (non-hydrogen) atoms. The topological polar surface area (TPSA) is 50.9 Å². The minimum absolute atomic E-state index is 0.476. The summed E-state index contributed by atoms with van der Waals surface area (Å²) in [4.78, 5) is 3.99. The summed E-state index contributed by atoms with van der Waals surface area (Å²) in [6, 6.07) is 4.36. The van der Waals surface area contributed by atoms with Gasteiger partial charge < -0.3 is 11.1 Å². The Morgan fingerprint density at radius 2 is 2.33 bits per heavy atom. The second kappa shape index (κ2) is 4.07. The number of hydrogen-bond donors (Lipinski definition) is 2. The summed E-state index contributed by atoms with van der Waals surface area (Å²) in [6.45, 7) is 5.00. The van der Waals surface area contributed by atoms with Crippen LogP contribution in [-0.2, 0) is 6.54 Å². The fraction of sp³-hybridized carbons (Fsp3) is 0.444. The molecule has 0 aliphatic rings. The number of nitrogens with zero attached hydrogens (tertiary/aromatic N) is 1. The first-order chi connectivity index (χ1) is 5.70. The van der Waals surface area contributed by atoms with Gasteiger partial charge in [-0.2, -0.15) is 0 Å². The predicted molar refractivity (Wildman–Crippen MR) is 50.6 cm³/mol. The Morgan fingerprint density at radius 1 is 1.58 bits per heavy atom. The zero-order chi connectivity index (χ0) is 8.97. The largest absolute Gasteiger partial charge is 0.383 e. The van der Waals surface area contributed by atoms with Crippen LogP contribution in [0.4, 0.5) is 5.82 Å². The molecule has 0 unspecified atom stereocenters. The maximum absolute atomic E-state index is 5.66. The van der Waals surface area contributed by atoms with Crippen LogP contribution in [0.5, 0.6) is 0 Å². The van der Waals surface area contributed by atoms with E-state index in [2.05, 4.69) is 24.1 Å². The molecular weight excluding hydrogens is 150 g/mol. The van der Waals surface area contributed by atoms with E-state index in [-0.39, 0.29) is 0 Å². The third-order valence-electron chi connectivity index (χ3n) is 1.63. The van der Waals surface area contributed by atoms with Gasteiger partial charge >= 0.3 is 0 Å². The van der Waals surface area contributed by atoms with Gasteiger partial charge in [0, 0.05) is 24.3 Å². The highest BCUT2D eigenvalue weighted by molar-refractivity contribution is 5.38. The molecule has 3 N–H and O–H groups in total. The third kappa shape index (κ3) is 2.51. The van der Waals surface area contributed by atoms with Crippen molar-refractivity contribution in [1.82, 2.24) is 10.3 Å². The minimum Gasteiger partial charge on any atom is -0.383 e. The van der Waals surface area contributed by atoms with Crippen LogP contribution in [-0.4, -0.2) is 11.0 Å². The summed E-state index contributed by atoms with van der Waals surface area (Å²) in [5.41, 5.74) is 6.72. The Hall–Kier alpha value is -1.09. The zero-order valence-electron chi connectivity index (χ0n) is 7.54. The van der Waals surface area contributed by atoms with Gasteiger partial charge in [-0.1, -0.05) is 19.9 Å². The summed E-state index contributed by atoms with van der Waals surface area (Å²) in [7, 11) is 0. The Kier molecular flexibility index (Phi) is 3.05. The number of nitrogen functional groups attached to an aromatic ring is 1. The van der Waals surface area contributed by atoms with E-state index in [0.717, 1.165) is 12.1 Å². The van der Waals surface area contributed by atoms with Crippen LogP contribution >= 0.6 is 0 Å². The lowest BCUT2D eigenvalue weighted by Gasteiger charge is -2.08. The number of anilines is 1. The van der Waals surface area contributed by atoms with Crippen molar-refractivity contribution < 1.29 is 0 Å². The van der Waals surface area contributed by atoms with E-state index >= 15 is 0 Å². The lowest BCUT2D eigenvalue weighted by Crippen LogP contribution is -2.22. The monoisotopic (exact) mass is 165 g/mol. The lowest BCUT2D eigenvalue weighted by molar-refractivity contribution is 0.589. The maximum Gasteiger partial charge on any atom is 0.127 e. The zero-order valence-corrected chi connectivity index (χ0v) is 7.54. The SMILES string of the molecule is CC(C)NCc1cccnc1N. The van der Waals surface area contributed by atoms with Gasteiger partial charge in [0.05, 0.1) is 0 Å². The van der Waals surface area contributed by atoms with Crippen molar-refractivity contribution in [2.24, 2.45) is 0 Å². The van der Waals surface area contributed by atoms with Gasteiger partial charge in [0.1, 0.15) is 5.82 Å². The Labute approximate surface area is 73.0 Å². The van der Waals surface area contributed by atoms with Gasteiger partial charge in [-0.15, -0.1) is 0 Å². The number of aromatic nitrogens is 1. The van der Waals surface area contributed by atoms with Crippen LogP contribution in [0.2, 0.25) is 0 Å². The summed E-state index contributed by atoms with van der Waals surface area (Å²) in [5, 5.41) is 3.28. The van der Waals surface area contributed by atoms with Crippen molar-refractivity contribution in [2.45, 2.75) is 26.4 Å². The highest BCUT2D eigenvalue weighted by Gasteiger charge is 1.98. The van der Waals surface area contributed by atoms with E-state index in [1.807, 2.05) is 12.1 Å². The van der Waals surface area contributed by atoms with Crippen molar-refractivity contribution in [3.05, 3.63) is 23.9 Å². The molecule has 0 saturated carbocycles. The quantitative estimate of drug-likeness (QED) is 0.706. The number of hydrogen-bond acceptors (Lipinski definition) is 3. The normalized spacial score (nSPS) is 10.6. The van der Waals surface area contributed by atoms with Crippen LogP contribution in [0.25, 0.3) is 0 Å². The summed E-state index contributed by atoms with van der Waals surface area (Å²) in [5.74, 6) is 0.616. The van der Waals surface area contributed by atoms with E-state index in [9.17, 15) is 0 Å². The molecule has 0 aliphatic carbocycles. The molecule has 0 aromatic carbocycles. The van der Waals surface area contributed by atoms with E-state index < -0.39 is 0 Å². The first kappa shape index (κ1) is 9.00. The van der Waals surface area contributed by atoms with Crippen molar-refractivity contribution >= 4 is 5.82 Å². The second-order valence-electron chi connectivity index (χ2n) is 3.08. The maximum atomic E-state index is 5.66. The van der Waals surface area contributed by atoms with E-state index in [4.69, 9.17) is 5.73 Å². The van der Waals surface area contributed by atoms with Gasteiger partial charge in [-0.25, -0.2) is 4.98 Å². The van der Waals surface area contributed by atoms with Gasteiger partial charge in [-0.05, 0) is 6.07 Å². The first-order valence-corrected chi connectivity index (χ1v) is 4.13. The minimum atomic E-state index is 0.476. The van der Waals surface area contributed by atoms with Crippen molar-refractivity contribution in [3.63, 3.8) is 0 Å². The summed E-state index contributed by atoms with van der Waals surface area (Å²) >= 11 is 0. The van der Waals surface area contributed by atoms with Crippen LogP contribution in [0.3, 0.4) is 0 Å². The molecule has 0 fully saturated rings. The van der Waals surface area contributed by atoms with Crippen molar-refractivity contribution in [2.75, 3.05) is 5.73 Å². The number of rotatable bonds is 3. The molecule has 0 amide bonds. The molecule has 0 radical (unpaired) electrons. The number of nitrogens with two attached hydrogens (primary N) is 1. The van der Waals surface area contributed by atoms with Crippen LogP contribution in [0.15, 0.2) is 18.3 Å². The Bertz CT molecular complexity index is 245. The molecule has 1 aromatic rings. The van der Waals surface area contributed by atoms with Gasteiger partial charge in [0.25, 0.3) is 0 Å². The second-order valence-corrected chi connectivity index (χ2v) is 3.08. The van der Waals surface area contributed by atoms with Crippen LogP contribution < -0.4 is 11.1 Å². The summed E-state index contributed by atoms with van der Waals surface area (Å²) in [6.07, 6.45) is 1.70. The predicted octanol–water partition coefficient (Wildman–Crippen LogP) is 1.16. The molecule has 0 bridgehead atoms. The van der Waals surface area contributed by atoms with Gasteiger partial charge in [0.2, 0.25) is 0 Å². The molecule has 66 valence electrons. The average molecular weight is 165 g/mol. The van der Waals surface area contributed by atoms with E-state index in [0.29, 0.717) is 11.9 Å². The average Bonchev–Trinajstić information content (AvgIpc) is 2.03. The highest BCUT2D eigenvalue weighted by Crippen LogP contribution is 2.05. The van der Waals surface area contributed by atoms with Gasteiger partial charge in [0.15, 0.2) is 0 Å². The smallest absolute Gasteiger partial charge is 0.127 e. The number of pyridine rings is 1. The molecule has 0 aliphatic heterocycles. The lowest BCUT2D eigenvalue weighted by atomic mass is 10.2. The molecule has 0 spiro atoms. The molecule has 3 heteroatoms. The van der Waals surface area contributed by atoms with Crippen LogP contribution in [0, 0.1) is 0 Å². The molecule has 0 saturated heterocycles. The molecular formula is C9H15N3. The fourth-order valence-electron chi connectivity index (χ4n) is 0.914. The standard InChI is InChI=1S/C9H15N3/c1-7(2)12-6-8-4-3-5-11-9(8)10/h3-5,7,12H,6H2,1-2H3,(H2,10,11). The Morgan fingerprint density at radius 3 is 2.92 bits per heavy atom. The first-order valence-electron chi connectivity index (χ1n) is 4.13. The highest BCUT2D eigenvalue weighted by atomic mass is 14.9. The molecule has 0 atom stereocenters. The van der Waals surface area contributed by atoms with Crippen LogP contribution in [0.1, 0.15) is 19.4 Å². The molecule has 3 nitrogen and oxygen atoms in total. The van der Waals surface area contributed by atoms with E-state index in [1.54, 1.807) is 6.20 Å². The van der Waals surface area contributed by atoms with Gasteiger partial charge in [-0.3, -0.25) is 0 Å².